The number of nitrogens with one attached hydrogen (secondary N) is 1. The predicted molar refractivity (Wildman–Crippen MR) is 86.4 cm³/mol. The zero-order valence-corrected chi connectivity index (χ0v) is 14.1. The van der Waals surface area contributed by atoms with Gasteiger partial charge >= 0.3 is 0 Å². The van der Waals surface area contributed by atoms with E-state index in [1.54, 1.807) is 6.07 Å². The van der Waals surface area contributed by atoms with Crippen LogP contribution in [-0.4, -0.2) is 32.4 Å². The lowest BCUT2D eigenvalue weighted by molar-refractivity contribution is 0.437. The topological polar surface area (TPSA) is 49.4 Å². The lowest BCUT2D eigenvalue weighted by atomic mass is 10.2. The molecule has 0 saturated heterocycles. The van der Waals surface area contributed by atoms with Gasteiger partial charge in [0.1, 0.15) is 4.90 Å². The summed E-state index contributed by atoms with van der Waals surface area (Å²) in [6.07, 6.45) is 4.55. The van der Waals surface area contributed by atoms with Gasteiger partial charge in [0.05, 0.1) is 5.02 Å². The van der Waals surface area contributed by atoms with Crippen molar-refractivity contribution in [1.29, 1.82) is 0 Å². The first-order valence-corrected chi connectivity index (χ1v) is 9.00. The third kappa shape index (κ3) is 3.79. The summed E-state index contributed by atoms with van der Waals surface area (Å²) in [5.41, 5.74) is 0.731. The van der Waals surface area contributed by atoms with Crippen molar-refractivity contribution < 1.29 is 8.42 Å². The summed E-state index contributed by atoms with van der Waals surface area (Å²) < 4.78 is 26.8. The second-order valence-electron chi connectivity index (χ2n) is 4.78. The maximum atomic E-state index is 12.7. The van der Waals surface area contributed by atoms with Gasteiger partial charge in [0.25, 0.3) is 0 Å². The molecule has 1 N–H and O–H groups in total. The number of halogens is 2. The minimum Gasteiger partial charge on any atom is -0.313 e. The quantitative estimate of drug-likeness (QED) is 0.832. The predicted octanol–water partition coefficient (Wildman–Crippen LogP) is 3.05. The second kappa shape index (κ2) is 7.11. The van der Waals surface area contributed by atoms with Crippen molar-refractivity contribution in [3.63, 3.8) is 0 Å². The highest BCUT2D eigenvalue weighted by molar-refractivity contribution is 7.89. The Balaban J connectivity index is 2.39. The van der Waals surface area contributed by atoms with Crippen LogP contribution in [0.5, 0.6) is 0 Å². The van der Waals surface area contributed by atoms with E-state index in [4.69, 9.17) is 23.2 Å². The van der Waals surface area contributed by atoms with Crippen molar-refractivity contribution in [2.75, 3.05) is 19.6 Å². The first-order chi connectivity index (χ1) is 9.96. The molecule has 0 aromatic heterocycles. The molecule has 7 heteroatoms. The van der Waals surface area contributed by atoms with Gasteiger partial charge in [-0.05, 0) is 30.7 Å². The molecule has 1 aromatic rings. The van der Waals surface area contributed by atoms with E-state index < -0.39 is 10.0 Å². The zero-order valence-electron chi connectivity index (χ0n) is 11.8. The highest BCUT2D eigenvalue weighted by Crippen LogP contribution is 2.31. The number of rotatable bonds is 5. The Hall–Kier alpha value is -0.590. The number of nitrogens with zero attached hydrogens (tertiary/aromatic N) is 1. The van der Waals surface area contributed by atoms with Crippen molar-refractivity contribution in [2.45, 2.75) is 24.8 Å². The molecule has 0 saturated carbocycles. The molecule has 0 unspecified atom stereocenters. The molecule has 0 atom stereocenters. The van der Waals surface area contributed by atoms with Crippen molar-refractivity contribution in [3.05, 3.63) is 39.9 Å². The van der Waals surface area contributed by atoms with Gasteiger partial charge in [-0.25, -0.2) is 8.42 Å². The van der Waals surface area contributed by atoms with E-state index in [1.165, 1.54) is 10.4 Å². The monoisotopic (exact) mass is 348 g/mol. The van der Waals surface area contributed by atoms with Gasteiger partial charge in [-0.2, -0.15) is 4.31 Å². The van der Waals surface area contributed by atoms with Crippen LogP contribution in [0.3, 0.4) is 0 Å². The first-order valence-electron chi connectivity index (χ1n) is 6.80. The summed E-state index contributed by atoms with van der Waals surface area (Å²) in [7, 11) is -3.59. The van der Waals surface area contributed by atoms with Gasteiger partial charge in [-0.3, -0.25) is 0 Å². The first kappa shape index (κ1) is 16.8. The Labute approximate surface area is 135 Å². The van der Waals surface area contributed by atoms with Crippen LogP contribution in [0.15, 0.2) is 29.2 Å². The summed E-state index contributed by atoms with van der Waals surface area (Å²) >= 11 is 12.2. The normalized spacial score (nSPS) is 16.3. The van der Waals surface area contributed by atoms with Gasteiger partial charge in [-0.1, -0.05) is 42.3 Å². The summed E-state index contributed by atoms with van der Waals surface area (Å²) in [5, 5.41) is 3.77. The fourth-order valence-corrected chi connectivity index (χ4v) is 4.39. The van der Waals surface area contributed by atoms with Crippen LogP contribution >= 0.6 is 23.2 Å². The largest absolute Gasteiger partial charge is 0.313 e. The summed E-state index contributed by atoms with van der Waals surface area (Å²) in [6, 6.07) is 3.07. The lowest BCUT2D eigenvalue weighted by Gasteiger charge is -2.23. The molecule has 0 radical (unpaired) electrons. The molecule has 116 valence electrons. The van der Waals surface area contributed by atoms with E-state index in [-0.39, 0.29) is 9.92 Å². The molecule has 0 bridgehead atoms. The van der Waals surface area contributed by atoms with E-state index in [1.807, 2.05) is 19.1 Å². The van der Waals surface area contributed by atoms with Crippen molar-refractivity contribution >= 4 is 33.2 Å². The average molecular weight is 349 g/mol. The van der Waals surface area contributed by atoms with Gasteiger partial charge in [0.2, 0.25) is 10.0 Å². The van der Waals surface area contributed by atoms with E-state index in [0.717, 1.165) is 12.1 Å². The number of hydrogen-bond donors (Lipinski definition) is 1. The lowest BCUT2D eigenvalue weighted by Crippen LogP contribution is -2.34. The van der Waals surface area contributed by atoms with Crippen molar-refractivity contribution in [2.24, 2.45) is 0 Å². The molecular weight excluding hydrogens is 331 g/mol. The molecule has 21 heavy (non-hydrogen) atoms. The Morgan fingerprint density at radius 2 is 2.00 bits per heavy atom. The Morgan fingerprint density at radius 3 is 2.62 bits per heavy atom. The molecule has 1 aliphatic rings. The Morgan fingerprint density at radius 1 is 1.24 bits per heavy atom. The van der Waals surface area contributed by atoms with Gasteiger partial charge in [0.15, 0.2) is 0 Å². The van der Waals surface area contributed by atoms with Gasteiger partial charge in [-0.15, -0.1) is 0 Å². The number of benzene rings is 1. The Bertz CT molecular complexity index is 645. The van der Waals surface area contributed by atoms with Crippen LogP contribution in [-0.2, 0) is 16.6 Å². The fourth-order valence-electron chi connectivity index (χ4n) is 2.14. The van der Waals surface area contributed by atoms with E-state index in [9.17, 15) is 8.42 Å². The highest BCUT2D eigenvalue weighted by atomic mass is 35.5. The van der Waals surface area contributed by atoms with Crippen LogP contribution in [0.25, 0.3) is 0 Å². The average Bonchev–Trinajstić information content (AvgIpc) is 2.47. The van der Waals surface area contributed by atoms with Crippen LogP contribution in [0, 0.1) is 0 Å². The molecule has 1 aliphatic heterocycles. The second-order valence-corrected chi connectivity index (χ2v) is 7.50. The molecule has 0 spiro atoms. The summed E-state index contributed by atoms with van der Waals surface area (Å²) in [5.74, 6) is 0. The minimum atomic E-state index is -3.59. The third-order valence-corrected chi connectivity index (χ3v) is 5.99. The molecule has 0 amide bonds. The minimum absolute atomic E-state index is 0.122. The Kier molecular flexibility index (Phi) is 5.68. The van der Waals surface area contributed by atoms with Gasteiger partial charge in [0, 0.05) is 24.7 Å². The van der Waals surface area contributed by atoms with Crippen LogP contribution in [0.2, 0.25) is 10.0 Å². The molecular formula is C14H18Cl2N2O2S. The SMILES string of the molecule is CCNCc1cc(S(=O)(=O)N2CC=CCC2)c(Cl)cc1Cl. The molecule has 0 fully saturated rings. The molecule has 2 rings (SSSR count). The standard InChI is InChI=1S/C14H18Cl2N2O2S/c1-2-17-10-11-8-14(13(16)9-12(11)15)21(19,20)18-6-4-3-5-7-18/h3-4,8-9,17H,2,5-7,10H2,1H3. The maximum absolute atomic E-state index is 12.7. The maximum Gasteiger partial charge on any atom is 0.244 e. The van der Waals surface area contributed by atoms with E-state index >= 15 is 0 Å². The zero-order chi connectivity index (χ0) is 15.5. The molecule has 1 aromatic carbocycles. The van der Waals surface area contributed by atoms with E-state index in [2.05, 4.69) is 5.32 Å². The third-order valence-electron chi connectivity index (χ3n) is 3.31. The molecule has 1 heterocycles. The molecule has 0 aliphatic carbocycles. The summed E-state index contributed by atoms with van der Waals surface area (Å²) in [6.45, 7) is 4.11. The van der Waals surface area contributed by atoms with E-state index in [0.29, 0.717) is 31.1 Å². The van der Waals surface area contributed by atoms with Crippen LogP contribution in [0.1, 0.15) is 18.9 Å². The van der Waals surface area contributed by atoms with Crippen LogP contribution < -0.4 is 5.32 Å². The number of hydrogen-bond acceptors (Lipinski definition) is 3. The fraction of sp³-hybridized carbons (Fsp3) is 0.429. The highest BCUT2D eigenvalue weighted by Gasteiger charge is 2.27. The number of sulfonamides is 1. The van der Waals surface area contributed by atoms with Crippen LogP contribution in [0.4, 0.5) is 0 Å². The van der Waals surface area contributed by atoms with Crippen molar-refractivity contribution in [3.8, 4) is 0 Å². The van der Waals surface area contributed by atoms with Crippen molar-refractivity contribution in [1.82, 2.24) is 9.62 Å². The van der Waals surface area contributed by atoms with Gasteiger partial charge < -0.3 is 5.32 Å². The smallest absolute Gasteiger partial charge is 0.244 e. The molecule has 4 nitrogen and oxygen atoms in total. The summed E-state index contributed by atoms with van der Waals surface area (Å²) in [4.78, 5) is 0.122.